The SMILES string of the molecule is C=CCCOc1ccc2c(c1)NC(=O)CC2. The maximum atomic E-state index is 11.2. The van der Waals surface area contributed by atoms with Crippen molar-refractivity contribution >= 4 is 11.6 Å². The van der Waals surface area contributed by atoms with E-state index < -0.39 is 0 Å². The molecule has 0 bridgehead atoms. The minimum absolute atomic E-state index is 0.0794. The Morgan fingerprint density at radius 2 is 2.31 bits per heavy atom. The number of benzene rings is 1. The van der Waals surface area contributed by atoms with Crippen LogP contribution in [0.2, 0.25) is 0 Å². The maximum Gasteiger partial charge on any atom is 0.224 e. The summed E-state index contributed by atoms with van der Waals surface area (Å²) in [5.74, 6) is 0.874. The molecule has 1 heterocycles. The Hall–Kier alpha value is -1.77. The molecule has 1 aromatic rings. The number of ether oxygens (including phenoxy) is 1. The molecule has 0 saturated heterocycles. The fraction of sp³-hybridized carbons (Fsp3) is 0.308. The highest BCUT2D eigenvalue weighted by Gasteiger charge is 2.14. The summed E-state index contributed by atoms with van der Waals surface area (Å²) >= 11 is 0. The van der Waals surface area contributed by atoms with Gasteiger partial charge in [0.25, 0.3) is 0 Å². The van der Waals surface area contributed by atoms with Crippen LogP contribution in [-0.2, 0) is 11.2 Å². The minimum Gasteiger partial charge on any atom is -0.493 e. The molecule has 3 heteroatoms. The van der Waals surface area contributed by atoms with Crippen LogP contribution in [0.1, 0.15) is 18.4 Å². The molecular weight excluding hydrogens is 202 g/mol. The molecule has 16 heavy (non-hydrogen) atoms. The second kappa shape index (κ2) is 4.84. The van der Waals surface area contributed by atoms with Gasteiger partial charge in [-0.3, -0.25) is 4.79 Å². The average molecular weight is 217 g/mol. The van der Waals surface area contributed by atoms with E-state index in [4.69, 9.17) is 4.74 Å². The van der Waals surface area contributed by atoms with Crippen molar-refractivity contribution < 1.29 is 9.53 Å². The zero-order chi connectivity index (χ0) is 11.4. The standard InChI is InChI=1S/C13H15NO2/c1-2-3-8-16-11-6-4-10-5-7-13(15)14-12(10)9-11/h2,4,6,9H,1,3,5,7-8H2,(H,14,15). The lowest BCUT2D eigenvalue weighted by atomic mass is 10.0. The van der Waals surface area contributed by atoms with Crippen LogP contribution in [-0.4, -0.2) is 12.5 Å². The molecule has 0 fully saturated rings. The summed E-state index contributed by atoms with van der Waals surface area (Å²) in [6.07, 6.45) is 4.03. The van der Waals surface area contributed by atoms with Crippen molar-refractivity contribution in [3.05, 3.63) is 36.4 Å². The van der Waals surface area contributed by atoms with Crippen molar-refractivity contribution in [2.75, 3.05) is 11.9 Å². The van der Waals surface area contributed by atoms with Crippen LogP contribution in [0.5, 0.6) is 5.75 Å². The van der Waals surface area contributed by atoms with Gasteiger partial charge >= 0.3 is 0 Å². The van der Waals surface area contributed by atoms with Crippen molar-refractivity contribution in [3.63, 3.8) is 0 Å². The zero-order valence-electron chi connectivity index (χ0n) is 9.16. The third-order valence-electron chi connectivity index (χ3n) is 2.57. The fourth-order valence-electron chi connectivity index (χ4n) is 1.70. The average Bonchev–Trinajstić information content (AvgIpc) is 2.29. The lowest BCUT2D eigenvalue weighted by Crippen LogP contribution is -2.18. The quantitative estimate of drug-likeness (QED) is 0.621. The number of amides is 1. The van der Waals surface area contributed by atoms with E-state index in [0.717, 1.165) is 24.3 Å². The molecule has 0 spiro atoms. The first-order valence-electron chi connectivity index (χ1n) is 5.46. The summed E-state index contributed by atoms with van der Waals surface area (Å²) in [6.45, 7) is 4.26. The van der Waals surface area contributed by atoms with Crippen molar-refractivity contribution in [2.24, 2.45) is 0 Å². The maximum absolute atomic E-state index is 11.2. The second-order valence-corrected chi connectivity index (χ2v) is 3.79. The van der Waals surface area contributed by atoms with E-state index >= 15 is 0 Å². The third-order valence-corrected chi connectivity index (χ3v) is 2.57. The van der Waals surface area contributed by atoms with E-state index in [2.05, 4.69) is 11.9 Å². The van der Waals surface area contributed by atoms with Crippen molar-refractivity contribution in [2.45, 2.75) is 19.3 Å². The summed E-state index contributed by atoms with van der Waals surface area (Å²) < 4.78 is 5.53. The summed E-state index contributed by atoms with van der Waals surface area (Å²) in [4.78, 5) is 11.2. The fourth-order valence-corrected chi connectivity index (χ4v) is 1.70. The number of anilines is 1. The lowest BCUT2D eigenvalue weighted by Gasteiger charge is -2.17. The number of nitrogens with one attached hydrogen (secondary N) is 1. The van der Waals surface area contributed by atoms with E-state index in [-0.39, 0.29) is 5.91 Å². The van der Waals surface area contributed by atoms with Gasteiger partial charge in [0.1, 0.15) is 5.75 Å². The van der Waals surface area contributed by atoms with Crippen LogP contribution in [0.15, 0.2) is 30.9 Å². The number of aryl methyl sites for hydroxylation is 1. The molecule has 1 N–H and O–H groups in total. The first-order valence-corrected chi connectivity index (χ1v) is 5.46. The normalized spacial score (nSPS) is 13.9. The molecule has 0 atom stereocenters. The van der Waals surface area contributed by atoms with Crippen LogP contribution in [0.3, 0.4) is 0 Å². The Morgan fingerprint density at radius 3 is 3.12 bits per heavy atom. The second-order valence-electron chi connectivity index (χ2n) is 3.79. The largest absolute Gasteiger partial charge is 0.493 e. The number of hydrogen-bond donors (Lipinski definition) is 1. The summed E-state index contributed by atoms with van der Waals surface area (Å²) in [5.41, 5.74) is 2.06. The first-order chi connectivity index (χ1) is 7.79. The van der Waals surface area contributed by atoms with Crippen molar-refractivity contribution in [1.82, 2.24) is 0 Å². The molecule has 84 valence electrons. The molecule has 0 unspecified atom stereocenters. The minimum atomic E-state index is 0.0794. The molecule has 0 saturated carbocycles. The molecule has 0 aromatic heterocycles. The molecule has 0 radical (unpaired) electrons. The highest BCUT2D eigenvalue weighted by atomic mass is 16.5. The number of rotatable bonds is 4. The molecule has 3 nitrogen and oxygen atoms in total. The van der Waals surface area contributed by atoms with Crippen LogP contribution in [0, 0.1) is 0 Å². The van der Waals surface area contributed by atoms with E-state index in [1.807, 2.05) is 24.3 Å². The van der Waals surface area contributed by atoms with Gasteiger partial charge in [-0.05, 0) is 24.5 Å². The predicted molar refractivity (Wildman–Crippen MR) is 63.7 cm³/mol. The van der Waals surface area contributed by atoms with Crippen LogP contribution < -0.4 is 10.1 Å². The topological polar surface area (TPSA) is 38.3 Å². The zero-order valence-corrected chi connectivity index (χ0v) is 9.16. The van der Waals surface area contributed by atoms with Gasteiger partial charge in [-0.1, -0.05) is 12.1 Å². The highest BCUT2D eigenvalue weighted by molar-refractivity contribution is 5.94. The highest BCUT2D eigenvalue weighted by Crippen LogP contribution is 2.27. The number of carbonyl (C=O) groups is 1. The number of hydrogen-bond acceptors (Lipinski definition) is 2. The van der Waals surface area contributed by atoms with E-state index in [0.29, 0.717) is 13.0 Å². The smallest absolute Gasteiger partial charge is 0.224 e. The molecule has 1 amide bonds. The van der Waals surface area contributed by atoms with E-state index in [1.165, 1.54) is 5.56 Å². The van der Waals surface area contributed by atoms with Gasteiger partial charge in [-0.15, -0.1) is 6.58 Å². The third kappa shape index (κ3) is 2.42. The molecule has 1 aliphatic rings. The monoisotopic (exact) mass is 217 g/mol. The van der Waals surface area contributed by atoms with Gasteiger partial charge in [-0.25, -0.2) is 0 Å². The first kappa shape index (κ1) is 10.7. The molecule has 1 aliphatic heterocycles. The molecule has 0 aliphatic carbocycles. The van der Waals surface area contributed by atoms with E-state index in [9.17, 15) is 4.79 Å². The Morgan fingerprint density at radius 1 is 1.44 bits per heavy atom. The number of carbonyl (C=O) groups excluding carboxylic acids is 1. The van der Waals surface area contributed by atoms with Gasteiger partial charge < -0.3 is 10.1 Å². The van der Waals surface area contributed by atoms with Gasteiger partial charge in [0.05, 0.1) is 6.61 Å². The molecule has 2 rings (SSSR count). The number of fused-ring (bicyclic) bond motifs is 1. The molecular formula is C13H15NO2. The Balaban J connectivity index is 2.08. The lowest BCUT2D eigenvalue weighted by molar-refractivity contribution is -0.116. The van der Waals surface area contributed by atoms with Gasteiger partial charge in [-0.2, -0.15) is 0 Å². The van der Waals surface area contributed by atoms with E-state index in [1.54, 1.807) is 0 Å². The Labute approximate surface area is 95.1 Å². The molecule has 1 aromatic carbocycles. The van der Waals surface area contributed by atoms with Crippen molar-refractivity contribution in [3.8, 4) is 5.75 Å². The van der Waals surface area contributed by atoms with Crippen LogP contribution in [0.25, 0.3) is 0 Å². The Kier molecular flexibility index (Phi) is 3.25. The summed E-state index contributed by atoms with van der Waals surface area (Å²) in [5, 5.41) is 2.85. The predicted octanol–water partition coefficient (Wildman–Crippen LogP) is 2.53. The van der Waals surface area contributed by atoms with Crippen LogP contribution in [0.4, 0.5) is 5.69 Å². The van der Waals surface area contributed by atoms with Gasteiger partial charge in [0, 0.05) is 18.2 Å². The van der Waals surface area contributed by atoms with Gasteiger partial charge in [0.2, 0.25) is 5.91 Å². The Bertz CT molecular complexity index is 412. The van der Waals surface area contributed by atoms with Crippen LogP contribution >= 0.6 is 0 Å². The summed E-state index contributed by atoms with van der Waals surface area (Å²) in [6, 6.07) is 5.84. The van der Waals surface area contributed by atoms with Crippen molar-refractivity contribution in [1.29, 1.82) is 0 Å². The van der Waals surface area contributed by atoms with Gasteiger partial charge in [0.15, 0.2) is 0 Å². The summed E-state index contributed by atoms with van der Waals surface area (Å²) in [7, 11) is 0.